The van der Waals surface area contributed by atoms with Crippen molar-refractivity contribution in [2.75, 3.05) is 32.0 Å². The molecule has 27 heavy (non-hydrogen) atoms. The van der Waals surface area contributed by atoms with E-state index in [1.807, 2.05) is 50.1 Å². The van der Waals surface area contributed by atoms with E-state index in [4.69, 9.17) is 11.6 Å². The summed E-state index contributed by atoms with van der Waals surface area (Å²) in [6.07, 6.45) is 0. The monoisotopic (exact) mass is 387 g/mol. The fourth-order valence-corrected chi connectivity index (χ4v) is 3.04. The second kappa shape index (κ2) is 10.1. The van der Waals surface area contributed by atoms with Gasteiger partial charge in [-0.2, -0.15) is 0 Å². The highest BCUT2D eigenvalue weighted by Crippen LogP contribution is 2.17. The van der Waals surface area contributed by atoms with Crippen molar-refractivity contribution in [3.63, 3.8) is 0 Å². The zero-order valence-electron chi connectivity index (χ0n) is 16.0. The molecule has 0 bridgehead atoms. The first-order valence-corrected chi connectivity index (χ1v) is 9.43. The normalized spacial score (nSPS) is 10.7. The van der Waals surface area contributed by atoms with Gasteiger partial charge in [0.15, 0.2) is 0 Å². The van der Waals surface area contributed by atoms with Crippen LogP contribution in [0.25, 0.3) is 0 Å². The molecule has 0 heterocycles. The van der Waals surface area contributed by atoms with Crippen LogP contribution in [0.3, 0.4) is 0 Å². The number of amides is 2. The lowest BCUT2D eigenvalue weighted by Crippen LogP contribution is -2.31. The van der Waals surface area contributed by atoms with E-state index in [2.05, 4.69) is 5.32 Å². The molecular formula is C21H26ClN3O2. The average molecular weight is 388 g/mol. The van der Waals surface area contributed by atoms with Crippen LogP contribution in [-0.2, 0) is 11.3 Å². The molecule has 0 atom stereocenters. The fraction of sp³-hybridized carbons (Fsp3) is 0.333. The van der Waals surface area contributed by atoms with Crippen LogP contribution in [0.1, 0.15) is 29.8 Å². The number of halogens is 1. The van der Waals surface area contributed by atoms with Crippen molar-refractivity contribution in [3.05, 3.63) is 64.7 Å². The molecule has 0 spiro atoms. The lowest BCUT2D eigenvalue weighted by atomic mass is 10.1. The van der Waals surface area contributed by atoms with E-state index in [1.165, 1.54) is 0 Å². The van der Waals surface area contributed by atoms with E-state index in [0.29, 0.717) is 35.9 Å². The number of rotatable bonds is 8. The van der Waals surface area contributed by atoms with Gasteiger partial charge in [-0.3, -0.25) is 14.5 Å². The van der Waals surface area contributed by atoms with E-state index in [0.717, 1.165) is 5.56 Å². The molecule has 144 valence electrons. The lowest BCUT2D eigenvalue weighted by Gasteiger charge is -2.19. The maximum atomic E-state index is 12.5. The Morgan fingerprint density at radius 3 is 2.41 bits per heavy atom. The molecule has 2 aromatic carbocycles. The van der Waals surface area contributed by atoms with Crippen LogP contribution in [0.5, 0.6) is 0 Å². The zero-order chi connectivity index (χ0) is 19.8. The van der Waals surface area contributed by atoms with E-state index in [-0.39, 0.29) is 18.4 Å². The first kappa shape index (κ1) is 20.9. The smallest absolute Gasteiger partial charge is 0.253 e. The van der Waals surface area contributed by atoms with Gasteiger partial charge in [-0.15, -0.1) is 0 Å². The molecule has 0 aliphatic heterocycles. The van der Waals surface area contributed by atoms with E-state index < -0.39 is 0 Å². The van der Waals surface area contributed by atoms with Crippen molar-refractivity contribution in [2.24, 2.45) is 0 Å². The maximum absolute atomic E-state index is 12.5. The molecule has 2 amide bonds. The Hall–Kier alpha value is -2.37. The molecule has 0 fully saturated rings. The Kier molecular flexibility index (Phi) is 7.82. The van der Waals surface area contributed by atoms with Crippen LogP contribution in [0.2, 0.25) is 5.02 Å². The molecule has 0 saturated carbocycles. The minimum Gasteiger partial charge on any atom is -0.339 e. The first-order valence-electron chi connectivity index (χ1n) is 9.05. The van der Waals surface area contributed by atoms with Crippen LogP contribution in [0, 0.1) is 0 Å². The third kappa shape index (κ3) is 6.08. The van der Waals surface area contributed by atoms with Crippen molar-refractivity contribution in [2.45, 2.75) is 20.4 Å². The number of carbonyl (C=O) groups excluding carboxylic acids is 2. The van der Waals surface area contributed by atoms with Gasteiger partial charge < -0.3 is 10.2 Å². The van der Waals surface area contributed by atoms with Gasteiger partial charge in [0.25, 0.3) is 5.91 Å². The number of carbonyl (C=O) groups is 2. The molecule has 6 heteroatoms. The van der Waals surface area contributed by atoms with Crippen molar-refractivity contribution in [1.29, 1.82) is 0 Å². The number of hydrogen-bond acceptors (Lipinski definition) is 3. The van der Waals surface area contributed by atoms with Crippen LogP contribution >= 0.6 is 11.6 Å². The van der Waals surface area contributed by atoms with Gasteiger partial charge in [0.05, 0.1) is 6.54 Å². The van der Waals surface area contributed by atoms with Crippen LogP contribution in [0.4, 0.5) is 5.69 Å². The first-order chi connectivity index (χ1) is 12.9. The Labute approximate surface area is 165 Å². The minimum absolute atomic E-state index is 0.0352. The summed E-state index contributed by atoms with van der Waals surface area (Å²) in [5, 5.41) is 3.55. The van der Waals surface area contributed by atoms with Gasteiger partial charge in [0.2, 0.25) is 5.91 Å². The summed E-state index contributed by atoms with van der Waals surface area (Å²) in [6, 6.07) is 14.6. The van der Waals surface area contributed by atoms with Crippen LogP contribution in [0.15, 0.2) is 48.5 Å². The fourth-order valence-electron chi connectivity index (χ4n) is 2.84. The number of likely N-dealkylation sites (N-methyl/N-ethyl adjacent to an activating group) is 1. The van der Waals surface area contributed by atoms with Crippen molar-refractivity contribution in [3.8, 4) is 0 Å². The highest BCUT2D eigenvalue weighted by molar-refractivity contribution is 6.31. The second-order valence-electron chi connectivity index (χ2n) is 6.37. The van der Waals surface area contributed by atoms with E-state index in [9.17, 15) is 9.59 Å². The maximum Gasteiger partial charge on any atom is 0.253 e. The summed E-state index contributed by atoms with van der Waals surface area (Å²) in [7, 11) is 1.86. The third-order valence-electron chi connectivity index (χ3n) is 4.26. The number of hydrogen-bond donors (Lipinski definition) is 1. The minimum atomic E-state index is -0.142. The van der Waals surface area contributed by atoms with Gasteiger partial charge in [-0.1, -0.05) is 35.9 Å². The van der Waals surface area contributed by atoms with Crippen LogP contribution in [-0.4, -0.2) is 48.3 Å². The summed E-state index contributed by atoms with van der Waals surface area (Å²) >= 11 is 6.17. The predicted molar refractivity (Wildman–Crippen MR) is 110 cm³/mol. The van der Waals surface area contributed by atoms with Gasteiger partial charge in [-0.05, 0) is 50.7 Å². The zero-order valence-corrected chi connectivity index (χ0v) is 16.8. The summed E-state index contributed by atoms with van der Waals surface area (Å²) in [6.45, 7) is 5.99. The summed E-state index contributed by atoms with van der Waals surface area (Å²) < 4.78 is 0. The van der Waals surface area contributed by atoms with Gasteiger partial charge in [0, 0.05) is 35.9 Å². The van der Waals surface area contributed by atoms with Crippen LogP contribution < -0.4 is 5.32 Å². The third-order valence-corrected chi connectivity index (χ3v) is 4.62. The Morgan fingerprint density at radius 1 is 1.04 bits per heavy atom. The molecule has 0 radical (unpaired) electrons. The van der Waals surface area contributed by atoms with Crippen molar-refractivity contribution in [1.82, 2.24) is 9.80 Å². The SMILES string of the molecule is CCN(CC)C(=O)c1cccc(NC(=O)CN(C)Cc2ccccc2Cl)c1. The molecule has 0 unspecified atom stereocenters. The topological polar surface area (TPSA) is 52.7 Å². The highest BCUT2D eigenvalue weighted by atomic mass is 35.5. The van der Waals surface area contributed by atoms with Gasteiger partial charge in [-0.25, -0.2) is 0 Å². The molecule has 0 saturated heterocycles. The lowest BCUT2D eigenvalue weighted by molar-refractivity contribution is -0.117. The Balaban J connectivity index is 1.96. The average Bonchev–Trinajstić information content (AvgIpc) is 2.64. The Morgan fingerprint density at radius 2 is 1.74 bits per heavy atom. The van der Waals surface area contributed by atoms with E-state index in [1.54, 1.807) is 29.2 Å². The van der Waals surface area contributed by atoms with E-state index >= 15 is 0 Å². The van der Waals surface area contributed by atoms with Gasteiger partial charge in [0.1, 0.15) is 0 Å². The molecule has 0 aromatic heterocycles. The largest absolute Gasteiger partial charge is 0.339 e. The Bertz CT molecular complexity index is 791. The van der Waals surface area contributed by atoms with Gasteiger partial charge >= 0.3 is 0 Å². The quantitative estimate of drug-likeness (QED) is 0.747. The molecule has 2 rings (SSSR count). The number of benzene rings is 2. The standard InChI is InChI=1S/C21H26ClN3O2/c1-4-25(5-2)21(27)16-10-8-11-18(13-16)23-20(26)15-24(3)14-17-9-6-7-12-19(17)22/h6-13H,4-5,14-15H2,1-3H3,(H,23,26). The molecule has 5 nitrogen and oxygen atoms in total. The highest BCUT2D eigenvalue weighted by Gasteiger charge is 2.14. The molecule has 2 aromatic rings. The molecule has 0 aliphatic rings. The number of anilines is 1. The molecule has 1 N–H and O–H groups in total. The summed E-state index contributed by atoms with van der Waals surface area (Å²) in [5.74, 6) is -0.177. The summed E-state index contributed by atoms with van der Waals surface area (Å²) in [4.78, 5) is 28.4. The summed E-state index contributed by atoms with van der Waals surface area (Å²) in [5.41, 5.74) is 2.16. The second-order valence-corrected chi connectivity index (χ2v) is 6.78. The number of nitrogens with one attached hydrogen (secondary N) is 1. The van der Waals surface area contributed by atoms with Crippen molar-refractivity contribution < 1.29 is 9.59 Å². The predicted octanol–water partition coefficient (Wildman–Crippen LogP) is 3.89. The number of nitrogens with zero attached hydrogens (tertiary/aromatic N) is 2. The molecular weight excluding hydrogens is 362 g/mol. The van der Waals surface area contributed by atoms with Crippen molar-refractivity contribution >= 4 is 29.1 Å². The molecule has 0 aliphatic carbocycles.